The third-order valence-electron chi connectivity index (χ3n) is 2.68. The maximum atomic E-state index is 13.7. The van der Waals surface area contributed by atoms with Gasteiger partial charge in [0, 0.05) is 22.2 Å². The van der Waals surface area contributed by atoms with Crippen molar-refractivity contribution in [2.24, 2.45) is 5.73 Å². The zero-order chi connectivity index (χ0) is 12.4. The van der Waals surface area contributed by atoms with E-state index in [9.17, 15) is 4.39 Å². The molecular weight excluding hydrogens is 237 g/mol. The Labute approximate surface area is 105 Å². The summed E-state index contributed by atoms with van der Waals surface area (Å²) in [6.45, 7) is 1.88. The lowest BCUT2D eigenvalue weighted by atomic mass is 10.00. The highest BCUT2D eigenvalue weighted by atomic mass is 35.5. The van der Waals surface area contributed by atoms with Crippen LogP contribution in [0.5, 0.6) is 0 Å². The van der Waals surface area contributed by atoms with E-state index in [2.05, 4.69) is 0 Å². The summed E-state index contributed by atoms with van der Waals surface area (Å²) < 4.78 is 13.7. The molecule has 2 aromatic rings. The van der Waals surface area contributed by atoms with Gasteiger partial charge in [-0.3, -0.25) is 0 Å². The highest BCUT2D eigenvalue weighted by Crippen LogP contribution is 2.31. The van der Waals surface area contributed by atoms with Crippen molar-refractivity contribution in [1.82, 2.24) is 0 Å². The normalized spacial score (nSPS) is 12.5. The Morgan fingerprint density at radius 2 is 1.82 bits per heavy atom. The molecule has 0 aliphatic rings. The van der Waals surface area contributed by atoms with Gasteiger partial charge in [0.05, 0.1) is 0 Å². The van der Waals surface area contributed by atoms with Gasteiger partial charge in [0.25, 0.3) is 0 Å². The van der Waals surface area contributed by atoms with E-state index >= 15 is 0 Å². The monoisotopic (exact) mass is 249 g/mol. The van der Waals surface area contributed by atoms with Crippen molar-refractivity contribution >= 4 is 11.6 Å². The lowest BCUT2D eigenvalue weighted by Gasteiger charge is -2.11. The second-order valence-corrected chi connectivity index (χ2v) is 4.42. The summed E-state index contributed by atoms with van der Waals surface area (Å²) in [5.41, 5.74) is 7.93. The number of benzene rings is 2. The van der Waals surface area contributed by atoms with Crippen LogP contribution in [0.2, 0.25) is 5.02 Å². The molecule has 0 saturated heterocycles. The first-order valence-electron chi connectivity index (χ1n) is 5.39. The molecule has 0 heterocycles. The topological polar surface area (TPSA) is 26.0 Å². The third-order valence-corrected chi connectivity index (χ3v) is 3.01. The van der Waals surface area contributed by atoms with Crippen molar-refractivity contribution in [3.8, 4) is 11.1 Å². The van der Waals surface area contributed by atoms with Crippen molar-refractivity contribution in [3.05, 3.63) is 58.9 Å². The fourth-order valence-electron chi connectivity index (χ4n) is 1.71. The van der Waals surface area contributed by atoms with Crippen molar-refractivity contribution in [1.29, 1.82) is 0 Å². The Balaban J connectivity index is 2.59. The lowest BCUT2D eigenvalue weighted by molar-refractivity contribution is 0.631. The number of halogens is 2. The van der Waals surface area contributed by atoms with Gasteiger partial charge < -0.3 is 5.73 Å². The molecule has 0 spiro atoms. The van der Waals surface area contributed by atoms with Crippen molar-refractivity contribution in [2.45, 2.75) is 13.0 Å². The lowest BCUT2D eigenvalue weighted by Crippen LogP contribution is -2.04. The molecule has 0 bridgehead atoms. The molecule has 3 heteroatoms. The minimum Gasteiger partial charge on any atom is -0.324 e. The molecule has 1 atom stereocenters. The summed E-state index contributed by atoms with van der Waals surface area (Å²) in [7, 11) is 0. The van der Waals surface area contributed by atoms with Crippen LogP contribution in [0.1, 0.15) is 18.5 Å². The summed E-state index contributed by atoms with van der Waals surface area (Å²) in [5.74, 6) is -0.281. The second-order valence-electron chi connectivity index (χ2n) is 4.01. The van der Waals surface area contributed by atoms with E-state index < -0.39 is 0 Å². The summed E-state index contributed by atoms with van der Waals surface area (Å²) in [6, 6.07) is 11.9. The van der Waals surface area contributed by atoms with E-state index in [1.165, 1.54) is 6.07 Å². The molecule has 0 amide bonds. The van der Waals surface area contributed by atoms with Gasteiger partial charge in [-0.15, -0.1) is 0 Å². The molecule has 0 radical (unpaired) electrons. The van der Waals surface area contributed by atoms with Gasteiger partial charge >= 0.3 is 0 Å². The highest BCUT2D eigenvalue weighted by Gasteiger charge is 2.10. The first-order valence-corrected chi connectivity index (χ1v) is 5.77. The minimum atomic E-state index is -0.281. The maximum Gasteiger partial charge on any atom is 0.131 e. The molecule has 0 fully saturated rings. The molecular formula is C14H13ClFN. The van der Waals surface area contributed by atoms with Crippen LogP contribution in [-0.4, -0.2) is 0 Å². The van der Waals surface area contributed by atoms with Gasteiger partial charge in [-0.2, -0.15) is 0 Å². The standard InChI is InChI=1S/C14H13ClFN/c1-9(17)10-6-7-13(15)12(8-10)11-4-2-3-5-14(11)16/h2-9H,17H2,1H3. The first-order chi connectivity index (χ1) is 8.09. The second kappa shape index (κ2) is 4.86. The number of hydrogen-bond acceptors (Lipinski definition) is 1. The molecule has 0 aliphatic carbocycles. The van der Waals surface area contributed by atoms with Gasteiger partial charge in [0.15, 0.2) is 0 Å². The van der Waals surface area contributed by atoms with Crippen LogP contribution in [0, 0.1) is 5.82 Å². The number of hydrogen-bond donors (Lipinski definition) is 1. The van der Waals surface area contributed by atoms with Crippen molar-refractivity contribution in [2.75, 3.05) is 0 Å². The average Bonchev–Trinajstić information content (AvgIpc) is 2.30. The number of rotatable bonds is 2. The van der Waals surface area contributed by atoms with E-state index in [0.717, 1.165) is 5.56 Å². The van der Waals surface area contributed by atoms with Crippen LogP contribution in [0.3, 0.4) is 0 Å². The maximum absolute atomic E-state index is 13.7. The molecule has 17 heavy (non-hydrogen) atoms. The van der Waals surface area contributed by atoms with Gasteiger partial charge in [-0.05, 0) is 30.7 Å². The molecule has 2 aromatic carbocycles. The average molecular weight is 250 g/mol. The van der Waals surface area contributed by atoms with Crippen LogP contribution < -0.4 is 5.73 Å². The molecule has 0 saturated carbocycles. The van der Waals surface area contributed by atoms with Gasteiger partial charge in [-0.1, -0.05) is 35.9 Å². The van der Waals surface area contributed by atoms with E-state index in [1.54, 1.807) is 24.3 Å². The van der Waals surface area contributed by atoms with Crippen LogP contribution >= 0.6 is 11.6 Å². The van der Waals surface area contributed by atoms with Gasteiger partial charge in [0.2, 0.25) is 0 Å². The summed E-state index contributed by atoms with van der Waals surface area (Å²) >= 11 is 6.10. The van der Waals surface area contributed by atoms with Crippen LogP contribution in [0.25, 0.3) is 11.1 Å². The Morgan fingerprint density at radius 3 is 2.47 bits per heavy atom. The van der Waals surface area contributed by atoms with E-state index in [4.69, 9.17) is 17.3 Å². The van der Waals surface area contributed by atoms with E-state index in [-0.39, 0.29) is 11.9 Å². The summed E-state index contributed by atoms with van der Waals surface area (Å²) in [5, 5.41) is 0.527. The predicted octanol–water partition coefficient (Wildman–Crippen LogP) is 4.17. The van der Waals surface area contributed by atoms with E-state index in [0.29, 0.717) is 16.1 Å². The molecule has 1 unspecified atom stereocenters. The molecule has 2 rings (SSSR count). The Morgan fingerprint density at radius 1 is 1.12 bits per heavy atom. The molecule has 2 N–H and O–H groups in total. The largest absolute Gasteiger partial charge is 0.324 e. The first kappa shape index (κ1) is 12.1. The molecule has 1 nitrogen and oxygen atoms in total. The van der Waals surface area contributed by atoms with Crippen molar-refractivity contribution < 1.29 is 4.39 Å². The van der Waals surface area contributed by atoms with Gasteiger partial charge in [0.1, 0.15) is 5.82 Å². The number of nitrogens with two attached hydrogens (primary N) is 1. The van der Waals surface area contributed by atoms with Crippen LogP contribution in [0.4, 0.5) is 4.39 Å². The third kappa shape index (κ3) is 2.48. The molecule has 88 valence electrons. The fraction of sp³-hybridized carbons (Fsp3) is 0.143. The van der Waals surface area contributed by atoms with Crippen LogP contribution in [-0.2, 0) is 0 Å². The minimum absolute atomic E-state index is 0.0993. The zero-order valence-electron chi connectivity index (χ0n) is 9.45. The smallest absolute Gasteiger partial charge is 0.131 e. The quantitative estimate of drug-likeness (QED) is 0.850. The SMILES string of the molecule is CC(N)c1ccc(Cl)c(-c2ccccc2F)c1. The fourth-order valence-corrected chi connectivity index (χ4v) is 1.93. The Bertz CT molecular complexity index is 537. The van der Waals surface area contributed by atoms with Crippen molar-refractivity contribution in [3.63, 3.8) is 0 Å². The van der Waals surface area contributed by atoms with Gasteiger partial charge in [-0.25, -0.2) is 4.39 Å². The summed E-state index contributed by atoms with van der Waals surface area (Å²) in [6.07, 6.45) is 0. The predicted molar refractivity (Wildman–Crippen MR) is 69.4 cm³/mol. The zero-order valence-corrected chi connectivity index (χ0v) is 10.2. The Hall–Kier alpha value is -1.38. The summed E-state index contributed by atoms with van der Waals surface area (Å²) in [4.78, 5) is 0. The van der Waals surface area contributed by atoms with E-state index in [1.807, 2.05) is 19.1 Å². The van der Waals surface area contributed by atoms with Crippen LogP contribution in [0.15, 0.2) is 42.5 Å². The highest BCUT2D eigenvalue weighted by molar-refractivity contribution is 6.33. The molecule has 0 aliphatic heterocycles. The Kier molecular flexibility index (Phi) is 3.46. The molecule has 0 aromatic heterocycles.